The summed E-state index contributed by atoms with van der Waals surface area (Å²) >= 11 is 0. The van der Waals surface area contributed by atoms with Gasteiger partial charge in [-0.15, -0.1) is 0 Å². The lowest BCUT2D eigenvalue weighted by molar-refractivity contribution is 0.0264. The fraction of sp³-hybridized carbons (Fsp3) is 1.00. The van der Waals surface area contributed by atoms with Gasteiger partial charge in [0.15, 0.2) is 0 Å². The van der Waals surface area contributed by atoms with Crippen molar-refractivity contribution in [2.45, 2.75) is 6.10 Å². The van der Waals surface area contributed by atoms with Crippen molar-refractivity contribution in [3.05, 3.63) is 0 Å². The van der Waals surface area contributed by atoms with Gasteiger partial charge in [0.1, 0.15) is 12.7 Å². The molecule has 0 unspecified atom stereocenters. The Balaban J connectivity index is 3.72. The minimum atomic E-state index is -3.27. The maximum absolute atomic E-state index is 9.22. The van der Waals surface area contributed by atoms with E-state index in [-0.39, 0.29) is 6.61 Å². The highest BCUT2D eigenvalue weighted by molar-refractivity contribution is 7.55. The van der Waals surface area contributed by atoms with Crippen molar-refractivity contribution in [1.82, 2.24) is 0 Å². The molecule has 0 heterocycles. The average Bonchev–Trinajstić information content (AvgIpc) is 2.13. The van der Waals surface area contributed by atoms with E-state index in [1.54, 1.807) is 0 Å². The number of aliphatic hydroxyl groups excluding tert-OH is 2. The second-order valence-electron chi connectivity index (χ2n) is 1.97. The molecule has 0 aliphatic rings. The summed E-state index contributed by atoms with van der Waals surface area (Å²) in [5.41, 5.74) is 0. The van der Waals surface area contributed by atoms with Gasteiger partial charge in [0, 0.05) is 0 Å². The molecule has 12 heavy (non-hydrogen) atoms. The highest BCUT2D eigenvalue weighted by atomic mass is 31.2. The van der Waals surface area contributed by atoms with E-state index >= 15 is 0 Å². The Labute approximate surface area is 71.4 Å². The summed E-state index contributed by atoms with van der Waals surface area (Å²) in [5, 5.41) is 17.2. The molecule has 0 saturated heterocycles. The Morgan fingerprint density at radius 1 is 1.33 bits per heavy atom. The van der Waals surface area contributed by atoms with Crippen LogP contribution in [0.2, 0.25) is 0 Å². The standard InChI is InChI=1S/C5H14O6P/c1-9-12(8,10-2)11-4-5(7)3-6/h5-8H,3-4H2,1-2H3/q+1/t5-/m0/s1. The van der Waals surface area contributed by atoms with E-state index in [1.165, 1.54) is 14.2 Å². The van der Waals surface area contributed by atoms with Gasteiger partial charge in [-0.1, -0.05) is 0 Å². The topological polar surface area (TPSA) is 88.4 Å². The first-order valence-corrected chi connectivity index (χ1v) is 4.74. The predicted octanol–water partition coefficient (Wildman–Crippen LogP) is -0.681. The zero-order chi connectivity index (χ0) is 9.61. The van der Waals surface area contributed by atoms with Crippen molar-refractivity contribution in [3.63, 3.8) is 0 Å². The molecule has 0 amide bonds. The van der Waals surface area contributed by atoms with E-state index in [0.717, 1.165) is 0 Å². The molecule has 1 atom stereocenters. The van der Waals surface area contributed by atoms with Gasteiger partial charge in [-0.3, -0.25) is 0 Å². The molecule has 0 radical (unpaired) electrons. The third-order valence-electron chi connectivity index (χ3n) is 1.10. The van der Waals surface area contributed by atoms with Crippen LogP contribution in [0.1, 0.15) is 0 Å². The molecule has 0 spiro atoms. The van der Waals surface area contributed by atoms with Crippen LogP contribution in [0.4, 0.5) is 0 Å². The summed E-state index contributed by atoms with van der Waals surface area (Å²) in [6.07, 6.45) is -1.04. The molecule has 6 nitrogen and oxygen atoms in total. The van der Waals surface area contributed by atoms with Gasteiger partial charge in [0.05, 0.1) is 20.8 Å². The summed E-state index contributed by atoms with van der Waals surface area (Å²) in [4.78, 5) is 9.22. The zero-order valence-corrected chi connectivity index (χ0v) is 7.90. The average molecular weight is 201 g/mol. The number of aliphatic hydroxyl groups is 2. The molecule has 0 aromatic rings. The Kier molecular flexibility index (Phi) is 5.86. The molecule has 0 aliphatic carbocycles. The van der Waals surface area contributed by atoms with Gasteiger partial charge < -0.3 is 10.2 Å². The van der Waals surface area contributed by atoms with Crippen molar-refractivity contribution in [1.29, 1.82) is 0 Å². The molecule has 3 N–H and O–H groups in total. The van der Waals surface area contributed by atoms with E-state index in [9.17, 15) is 4.89 Å². The second kappa shape index (κ2) is 5.77. The normalized spacial score (nSPS) is 14.8. The van der Waals surface area contributed by atoms with Crippen molar-refractivity contribution in [3.8, 4) is 0 Å². The van der Waals surface area contributed by atoms with Crippen LogP contribution in [0.15, 0.2) is 0 Å². The second-order valence-corrected chi connectivity index (χ2v) is 3.89. The highest BCUT2D eigenvalue weighted by Gasteiger charge is 2.42. The first-order valence-electron chi connectivity index (χ1n) is 3.24. The molecule has 0 bridgehead atoms. The monoisotopic (exact) mass is 201 g/mol. The molecule has 0 rings (SSSR count). The lowest BCUT2D eigenvalue weighted by Crippen LogP contribution is -2.20. The van der Waals surface area contributed by atoms with Gasteiger partial charge in [-0.2, -0.15) is 18.5 Å². The molecule has 7 heteroatoms. The van der Waals surface area contributed by atoms with Crippen LogP contribution in [0.5, 0.6) is 0 Å². The fourth-order valence-corrected chi connectivity index (χ4v) is 1.13. The Morgan fingerprint density at radius 2 is 1.83 bits per heavy atom. The van der Waals surface area contributed by atoms with Gasteiger partial charge >= 0.3 is 8.17 Å². The van der Waals surface area contributed by atoms with Crippen LogP contribution < -0.4 is 0 Å². The third-order valence-corrected chi connectivity index (χ3v) is 2.50. The first kappa shape index (κ1) is 12.2. The van der Waals surface area contributed by atoms with Crippen molar-refractivity contribution in [2.75, 3.05) is 27.4 Å². The number of rotatable bonds is 6. The maximum Gasteiger partial charge on any atom is 0.572 e. The minimum absolute atomic E-state index is 0.234. The Morgan fingerprint density at radius 3 is 2.17 bits per heavy atom. The largest absolute Gasteiger partial charge is 0.572 e. The van der Waals surface area contributed by atoms with Crippen molar-refractivity contribution in [2.24, 2.45) is 0 Å². The summed E-state index contributed by atoms with van der Waals surface area (Å²) in [7, 11) is -0.820. The van der Waals surface area contributed by atoms with E-state index in [2.05, 4.69) is 9.05 Å². The highest BCUT2D eigenvalue weighted by Crippen LogP contribution is 2.56. The molecule has 0 aromatic carbocycles. The summed E-state index contributed by atoms with van der Waals surface area (Å²) < 4.78 is 13.7. The smallest absolute Gasteiger partial charge is 0.394 e. The molecule has 0 aliphatic heterocycles. The third kappa shape index (κ3) is 4.27. The van der Waals surface area contributed by atoms with Crippen molar-refractivity contribution >= 4 is 8.17 Å². The quantitative estimate of drug-likeness (QED) is 0.493. The van der Waals surface area contributed by atoms with E-state index in [0.29, 0.717) is 0 Å². The van der Waals surface area contributed by atoms with Crippen LogP contribution >= 0.6 is 8.17 Å². The number of hydrogen-bond donors (Lipinski definition) is 3. The molecule has 0 fully saturated rings. The van der Waals surface area contributed by atoms with Crippen LogP contribution in [0.25, 0.3) is 0 Å². The van der Waals surface area contributed by atoms with Crippen LogP contribution in [-0.4, -0.2) is 48.6 Å². The first-order chi connectivity index (χ1) is 5.58. The summed E-state index contributed by atoms with van der Waals surface area (Å²) in [6, 6.07) is 0. The van der Waals surface area contributed by atoms with Gasteiger partial charge in [0.2, 0.25) is 0 Å². The molecule has 0 saturated carbocycles. The SMILES string of the molecule is CO[P+](O)(OC)OC[C@@H](O)CO. The Bertz CT molecular complexity index is 117. The van der Waals surface area contributed by atoms with Gasteiger partial charge in [0.25, 0.3) is 0 Å². The van der Waals surface area contributed by atoms with E-state index in [1.807, 2.05) is 0 Å². The van der Waals surface area contributed by atoms with E-state index < -0.39 is 20.9 Å². The molecule has 0 aromatic heterocycles. The van der Waals surface area contributed by atoms with Crippen LogP contribution in [0, 0.1) is 0 Å². The zero-order valence-electron chi connectivity index (χ0n) is 7.01. The summed E-state index contributed by atoms with van der Waals surface area (Å²) in [6.45, 7) is -0.671. The molecular weight excluding hydrogens is 187 g/mol. The van der Waals surface area contributed by atoms with Gasteiger partial charge in [-0.05, 0) is 0 Å². The van der Waals surface area contributed by atoms with E-state index in [4.69, 9.17) is 14.7 Å². The van der Waals surface area contributed by atoms with Gasteiger partial charge in [-0.25, -0.2) is 0 Å². The van der Waals surface area contributed by atoms with Crippen molar-refractivity contribution < 1.29 is 28.7 Å². The lowest BCUT2D eigenvalue weighted by atomic mass is 10.4. The Hall–Kier alpha value is 0.190. The summed E-state index contributed by atoms with van der Waals surface area (Å²) in [5.74, 6) is 0. The van der Waals surface area contributed by atoms with Crippen LogP contribution in [0.3, 0.4) is 0 Å². The molecule has 74 valence electrons. The molecular formula is C5H14O6P+. The van der Waals surface area contributed by atoms with Crippen LogP contribution in [-0.2, 0) is 13.6 Å². The lowest BCUT2D eigenvalue weighted by Gasteiger charge is -2.12. The predicted molar refractivity (Wildman–Crippen MR) is 42.2 cm³/mol. The fourth-order valence-electron chi connectivity index (χ4n) is 0.413. The minimum Gasteiger partial charge on any atom is -0.394 e. The number of hydrogen-bond acceptors (Lipinski definition) is 6. The maximum atomic E-state index is 9.22.